The number of rotatable bonds is 1. The van der Waals surface area contributed by atoms with E-state index in [2.05, 4.69) is 33.8 Å². The van der Waals surface area contributed by atoms with E-state index in [1.165, 1.54) is 31.4 Å². The van der Waals surface area contributed by atoms with Crippen LogP contribution in [0, 0.1) is 11.3 Å². The van der Waals surface area contributed by atoms with Gasteiger partial charge in [-0.1, -0.05) is 20.8 Å². The van der Waals surface area contributed by atoms with Crippen LogP contribution in [0.1, 0.15) is 59.8 Å². The second kappa shape index (κ2) is 3.54. The van der Waals surface area contributed by atoms with Crippen molar-refractivity contribution in [1.29, 1.82) is 0 Å². The standard InChI is InChI=1S/C14H24O/c1-5-11-7-8-12-13(2,3)9-6-10-14(12,4)15-11/h7,12H,5-6,8-10H2,1-4H3. The Labute approximate surface area is 93.9 Å². The molecule has 1 aliphatic carbocycles. The molecule has 0 amide bonds. The molecule has 1 heterocycles. The zero-order valence-electron chi connectivity index (χ0n) is 10.6. The van der Waals surface area contributed by atoms with Gasteiger partial charge in [-0.05, 0) is 44.1 Å². The third kappa shape index (κ3) is 1.81. The molecule has 15 heavy (non-hydrogen) atoms. The maximum absolute atomic E-state index is 6.22. The quantitative estimate of drug-likeness (QED) is 0.624. The highest BCUT2D eigenvalue weighted by Crippen LogP contribution is 2.52. The van der Waals surface area contributed by atoms with E-state index in [-0.39, 0.29) is 5.60 Å². The molecule has 2 aliphatic rings. The first-order valence-electron chi connectivity index (χ1n) is 6.36. The Morgan fingerprint density at radius 3 is 2.73 bits per heavy atom. The van der Waals surface area contributed by atoms with E-state index in [0.29, 0.717) is 11.3 Å². The Hall–Kier alpha value is -0.460. The first-order chi connectivity index (χ1) is 6.98. The Kier molecular flexibility index (Phi) is 2.60. The summed E-state index contributed by atoms with van der Waals surface area (Å²) < 4.78 is 6.22. The molecule has 0 aromatic carbocycles. The van der Waals surface area contributed by atoms with Crippen molar-refractivity contribution in [3.05, 3.63) is 11.8 Å². The van der Waals surface area contributed by atoms with E-state index in [1.54, 1.807) is 0 Å². The lowest BCUT2D eigenvalue weighted by Crippen LogP contribution is -2.50. The summed E-state index contributed by atoms with van der Waals surface area (Å²) in [4.78, 5) is 0. The van der Waals surface area contributed by atoms with E-state index in [0.717, 1.165) is 6.42 Å². The molecule has 1 heteroatoms. The van der Waals surface area contributed by atoms with Crippen LogP contribution in [0.2, 0.25) is 0 Å². The summed E-state index contributed by atoms with van der Waals surface area (Å²) in [6.07, 6.45) is 8.48. The molecule has 2 rings (SSSR count). The van der Waals surface area contributed by atoms with E-state index >= 15 is 0 Å². The summed E-state index contributed by atoms with van der Waals surface area (Å²) in [7, 11) is 0. The summed E-state index contributed by atoms with van der Waals surface area (Å²) in [6.45, 7) is 9.32. The molecule has 0 saturated heterocycles. The fourth-order valence-corrected chi connectivity index (χ4v) is 3.57. The minimum absolute atomic E-state index is 0.113. The van der Waals surface area contributed by atoms with Gasteiger partial charge in [-0.3, -0.25) is 0 Å². The van der Waals surface area contributed by atoms with Crippen molar-refractivity contribution in [3.63, 3.8) is 0 Å². The molecule has 2 atom stereocenters. The molecule has 1 saturated carbocycles. The average molecular weight is 208 g/mol. The fourth-order valence-electron chi connectivity index (χ4n) is 3.57. The van der Waals surface area contributed by atoms with Crippen molar-refractivity contribution in [2.75, 3.05) is 0 Å². The fraction of sp³-hybridized carbons (Fsp3) is 0.857. The highest BCUT2D eigenvalue weighted by Gasteiger charge is 2.49. The van der Waals surface area contributed by atoms with Crippen molar-refractivity contribution in [2.45, 2.75) is 65.4 Å². The molecule has 0 N–H and O–H groups in total. The Morgan fingerprint density at radius 2 is 2.07 bits per heavy atom. The molecule has 0 aromatic rings. The van der Waals surface area contributed by atoms with Crippen molar-refractivity contribution in [3.8, 4) is 0 Å². The maximum atomic E-state index is 6.22. The van der Waals surface area contributed by atoms with Crippen LogP contribution in [-0.4, -0.2) is 5.60 Å². The van der Waals surface area contributed by atoms with Gasteiger partial charge in [0.05, 0.1) is 5.76 Å². The van der Waals surface area contributed by atoms with Crippen molar-refractivity contribution < 1.29 is 4.74 Å². The van der Waals surface area contributed by atoms with E-state index in [9.17, 15) is 0 Å². The molecule has 0 spiro atoms. The van der Waals surface area contributed by atoms with Gasteiger partial charge in [0.2, 0.25) is 0 Å². The lowest BCUT2D eigenvalue weighted by molar-refractivity contribution is -0.119. The van der Waals surface area contributed by atoms with Gasteiger partial charge in [0.25, 0.3) is 0 Å². The lowest BCUT2D eigenvalue weighted by atomic mass is 9.60. The molecule has 1 aliphatic heterocycles. The largest absolute Gasteiger partial charge is 0.492 e. The summed E-state index contributed by atoms with van der Waals surface area (Å²) in [6, 6.07) is 0. The molecule has 2 unspecified atom stereocenters. The third-order valence-corrected chi connectivity index (χ3v) is 4.47. The van der Waals surface area contributed by atoms with Crippen LogP contribution in [0.25, 0.3) is 0 Å². The van der Waals surface area contributed by atoms with Crippen LogP contribution in [0.4, 0.5) is 0 Å². The zero-order chi connectivity index (χ0) is 11.1. The van der Waals surface area contributed by atoms with Crippen molar-refractivity contribution in [2.24, 2.45) is 11.3 Å². The minimum Gasteiger partial charge on any atom is -0.492 e. The van der Waals surface area contributed by atoms with Crippen LogP contribution >= 0.6 is 0 Å². The van der Waals surface area contributed by atoms with Gasteiger partial charge in [-0.25, -0.2) is 0 Å². The Balaban J connectivity index is 2.26. The molecule has 1 fully saturated rings. The second-order valence-electron chi connectivity index (χ2n) is 6.07. The topological polar surface area (TPSA) is 9.23 Å². The number of hydrogen-bond donors (Lipinski definition) is 0. The van der Waals surface area contributed by atoms with Gasteiger partial charge in [0.15, 0.2) is 0 Å². The molecular formula is C14H24O. The summed E-state index contributed by atoms with van der Waals surface area (Å²) >= 11 is 0. The maximum Gasteiger partial charge on any atom is 0.109 e. The van der Waals surface area contributed by atoms with Crippen LogP contribution in [-0.2, 0) is 4.74 Å². The average Bonchev–Trinajstić information content (AvgIpc) is 2.15. The lowest BCUT2D eigenvalue weighted by Gasteiger charge is -2.52. The molecule has 0 radical (unpaired) electrons. The number of ether oxygens (including phenoxy) is 1. The monoisotopic (exact) mass is 208 g/mol. The zero-order valence-corrected chi connectivity index (χ0v) is 10.6. The van der Waals surface area contributed by atoms with E-state index in [4.69, 9.17) is 4.74 Å². The first kappa shape index (κ1) is 11.0. The van der Waals surface area contributed by atoms with Crippen LogP contribution in [0.15, 0.2) is 11.8 Å². The Bertz CT molecular complexity index is 277. The molecule has 1 nitrogen and oxygen atoms in total. The Morgan fingerprint density at radius 1 is 1.33 bits per heavy atom. The highest BCUT2D eigenvalue weighted by molar-refractivity contribution is 5.09. The highest BCUT2D eigenvalue weighted by atomic mass is 16.5. The third-order valence-electron chi connectivity index (χ3n) is 4.47. The number of hydrogen-bond acceptors (Lipinski definition) is 1. The smallest absolute Gasteiger partial charge is 0.109 e. The van der Waals surface area contributed by atoms with Gasteiger partial charge < -0.3 is 4.74 Å². The van der Waals surface area contributed by atoms with Gasteiger partial charge in [-0.2, -0.15) is 0 Å². The summed E-state index contributed by atoms with van der Waals surface area (Å²) in [5, 5.41) is 0. The normalized spacial score (nSPS) is 38.9. The van der Waals surface area contributed by atoms with Crippen molar-refractivity contribution in [1.82, 2.24) is 0 Å². The molecule has 0 bridgehead atoms. The van der Waals surface area contributed by atoms with Gasteiger partial charge >= 0.3 is 0 Å². The van der Waals surface area contributed by atoms with Crippen LogP contribution in [0.3, 0.4) is 0 Å². The summed E-state index contributed by atoms with van der Waals surface area (Å²) in [5.41, 5.74) is 0.560. The predicted molar refractivity (Wildman–Crippen MR) is 63.6 cm³/mol. The van der Waals surface area contributed by atoms with Crippen molar-refractivity contribution >= 4 is 0 Å². The molecular weight excluding hydrogens is 184 g/mol. The first-order valence-corrected chi connectivity index (χ1v) is 6.36. The number of allylic oxidation sites excluding steroid dienone is 2. The van der Waals surface area contributed by atoms with E-state index in [1.807, 2.05) is 0 Å². The minimum atomic E-state index is 0.113. The van der Waals surface area contributed by atoms with Crippen LogP contribution in [0.5, 0.6) is 0 Å². The van der Waals surface area contributed by atoms with Gasteiger partial charge in [-0.15, -0.1) is 0 Å². The predicted octanol–water partition coefficient (Wildman–Crippen LogP) is 4.29. The van der Waals surface area contributed by atoms with Crippen LogP contribution < -0.4 is 0 Å². The van der Waals surface area contributed by atoms with E-state index < -0.39 is 0 Å². The SMILES string of the molecule is CCC1=CCC2C(C)(C)CCCC2(C)O1. The van der Waals surface area contributed by atoms with Gasteiger partial charge in [0, 0.05) is 12.3 Å². The van der Waals surface area contributed by atoms with Gasteiger partial charge in [0.1, 0.15) is 5.60 Å². The second-order valence-corrected chi connectivity index (χ2v) is 6.07. The number of fused-ring (bicyclic) bond motifs is 1. The summed E-state index contributed by atoms with van der Waals surface area (Å²) in [5.74, 6) is 1.92. The molecule has 86 valence electrons. The molecule has 0 aromatic heterocycles.